The molecule has 0 spiro atoms. The van der Waals surface area contributed by atoms with Crippen molar-refractivity contribution in [3.05, 3.63) is 43.2 Å². The maximum atomic E-state index is 11.8. The summed E-state index contributed by atoms with van der Waals surface area (Å²) in [5.74, 6) is -0.386. The molecule has 19 heavy (non-hydrogen) atoms. The van der Waals surface area contributed by atoms with Crippen LogP contribution < -0.4 is 5.32 Å². The molecular formula is C12H10Br2N2O2S. The summed E-state index contributed by atoms with van der Waals surface area (Å²) in [5.41, 5.74) is 1.17. The Bertz CT molecular complexity index is 588. The highest BCUT2D eigenvalue weighted by Crippen LogP contribution is 2.31. The average molecular weight is 406 g/mol. The van der Waals surface area contributed by atoms with Crippen molar-refractivity contribution in [2.75, 3.05) is 12.4 Å². The number of nitrogens with zero attached hydrogens (tertiary/aromatic N) is 1. The average Bonchev–Trinajstić information content (AvgIpc) is 2.89. The van der Waals surface area contributed by atoms with Gasteiger partial charge >= 0.3 is 5.97 Å². The zero-order valence-corrected chi connectivity index (χ0v) is 13.9. The van der Waals surface area contributed by atoms with Crippen molar-refractivity contribution >= 4 is 54.9 Å². The Balaban J connectivity index is 2.29. The van der Waals surface area contributed by atoms with Gasteiger partial charge < -0.3 is 10.1 Å². The van der Waals surface area contributed by atoms with E-state index in [2.05, 4.69) is 42.2 Å². The molecule has 0 atom stereocenters. The van der Waals surface area contributed by atoms with Gasteiger partial charge in [-0.1, -0.05) is 15.9 Å². The fourth-order valence-electron chi connectivity index (χ4n) is 1.53. The van der Waals surface area contributed by atoms with Gasteiger partial charge in [0.05, 0.1) is 24.9 Å². The van der Waals surface area contributed by atoms with Gasteiger partial charge in [-0.25, -0.2) is 9.78 Å². The molecule has 0 bridgehead atoms. The van der Waals surface area contributed by atoms with Crippen LogP contribution in [-0.4, -0.2) is 18.1 Å². The number of carbonyl (C=O) groups excluding carboxylic acids is 1. The molecular weight excluding hydrogens is 396 g/mol. The van der Waals surface area contributed by atoms with Crippen molar-refractivity contribution in [2.24, 2.45) is 0 Å². The number of thiazole rings is 1. The minimum Gasteiger partial charge on any atom is -0.465 e. The fraction of sp³-hybridized carbons (Fsp3) is 0.167. The normalized spacial score (nSPS) is 10.3. The zero-order valence-electron chi connectivity index (χ0n) is 9.94. The Hall–Kier alpha value is -0.920. The summed E-state index contributed by atoms with van der Waals surface area (Å²) in [6.45, 7) is 0.557. The standard InChI is InChI=1S/C12H10Br2N2O2S/c1-18-12(17)8-4-7(13)5-9(14)11(8)16-6-10-15-2-3-19-10/h2-5,16H,6H2,1H3. The molecule has 1 heterocycles. The van der Waals surface area contributed by atoms with Crippen molar-refractivity contribution in [2.45, 2.75) is 6.54 Å². The van der Waals surface area contributed by atoms with Gasteiger partial charge in [-0.3, -0.25) is 0 Å². The summed E-state index contributed by atoms with van der Waals surface area (Å²) >= 11 is 8.36. The summed E-state index contributed by atoms with van der Waals surface area (Å²) in [4.78, 5) is 16.0. The van der Waals surface area contributed by atoms with Gasteiger partial charge in [0.25, 0.3) is 0 Å². The van der Waals surface area contributed by atoms with E-state index in [0.29, 0.717) is 17.8 Å². The summed E-state index contributed by atoms with van der Waals surface area (Å²) in [6.07, 6.45) is 1.75. The molecule has 1 aromatic heterocycles. The summed E-state index contributed by atoms with van der Waals surface area (Å²) in [7, 11) is 1.36. The zero-order chi connectivity index (χ0) is 13.8. The lowest BCUT2D eigenvalue weighted by Crippen LogP contribution is -2.09. The van der Waals surface area contributed by atoms with Gasteiger partial charge in [0.15, 0.2) is 0 Å². The molecule has 0 radical (unpaired) electrons. The van der Waals surface area contributed by atoms with Crippen LogP contribution in [0.2, 0.25) is 0 Å². The van der Waals surface area contributed by atoms with Crippen LogP contribution in [-0.2, 0) is 11.3 Å². The van der Waals surface area contributed by atoms with E-state index in [1.165, 1.54) is 7.11 Å². The predicted octanol–water partition coefficient (Wildman–Crippen LogP) is 4.07. The quantitative estimate of drug-likeness (QED) is 0.779. The van der Waals surface area contributed by atoms with Gasteiger partial charge in [0.2, 0.25) is 0 Å². The van der Waals surface area contributed by atoms with E-state index in [4.69, 9.17) is 4.74 Å². The van der Waals surface area contributed by atoms with Crippen molar-refractivity contribution < 1.29 is 9.53 Å². The maximum Gasteiger partial charge on any atom is 0.340 e. The van der Waals surface area contributed by atoms with E-state index in [1.807, 2.05) is 11.4 Å². The molecule has 0 unspecified atom stereocenters. The first-order valence-electron chi connectivity index (χ1n) is 5.31. The topological polar surface area (TPSA) is 51.2 Å². The third-order valence-electron chi connectivity index (χ3n) is 2.36. The van der Waals surface area contributed by atoms with Crippen LogP contribution in [0.4, 0.5) is 5.69 Å². The van der Waals surface area contributed by atoms with Crippen LogP contribution in [0.1, 0.15) is 15.4 Å². The van der Waals surface area contributed by atoms with Crippen molar-refractivity contribution in [1.82, 2.24) is 4.98 Å². The summed E-state index contributed by atoms with van der Waals surface area (Å²) < 4.78 is 6.39. The Morgan fingerprint density at radius 3 is 2.89 bits per heavy atom. The third kappa shape index (κ3) is 3.55. The SMILES string of the molecule is COC(=O)c1cc(Br)cc(Br)c1NCc1nccs1. The summed E-state index contributed by atoms with van der Waals surface area (Å²) in [6, 6.07) is 3.59. The number of hydrogen-bond acceptors (Lipinski definition) is 5. The third-order valence-corrected chi connectivity index (χ3v) is 4.22. The first-order valence-corrected chi connectivity index (χ1v) is 7.78. The second kappa shape index (κ2) is 6.49. The van der Waals surface area contributed by atoms with Crippen LogP contribution in [0.5, 0.6) is 0 Å². The monoisotopic (exact) mass is 404 g/mol. The highest BCUT2D eigenvalue weighted by molar-refractivity contribution is 9.11. The second-order valence-electron chi connectivity index (χ2n) is 3.58. The number of carbonyl (C=O) groups is 1. The molecule has 0 amide bonds. The van der Waals surface area contributed by atoms with Gasteiger partial charge in [-0.2, -0.15) is 0 Å². The van der Waals surface area contributed by atoms with Gasteiger partial charge in [-0.15, -0.1) is 11.3 Å². The Morgan fingerprint density at radius 2 is 2.26 bits per heavy atom. The molecule has 0 fully saturated rings. The van der Waals surface area contributed by atoms with E-state index in [0.717, 1.165) is 14.0 Å². The van der Waals surface area contributed by atoms with E-state index < -0.39 is 0 Å². The lowest BCUT2D eigenvalue weighted by atomic mass is 10.2. The first kappa shape index (κ1) is 14.5. The van der Waals surface area contributed by atoms with Crippen LogP contribution in [0, 0.1) is 0 Å². The molecule has 1 N–H and O–H groups in total. The number of aromatic nitrogens is 1. The van der Waals surface area contributed by atoms with Crippen molar-refractivity contribution in [3.63, 3.8) is 0 Å². The minimum absolute atomic E-state index is 0.386. The molecule has 7 heteroatoms. The smallest absolute Gasteiger partial charge is 0.340 e. The number of nitrogens with one attached hydrogen (secondary N) is 1. The first-order chi connectivity index (χ1) is 9.11. The number of ether oxygens (including phenoxy) is 1. The van der Waals surface area contributed by atoms with Gasteiger partial charge in [0, 0.05) is 20.5 Å². The molecule has 1 aromatic carbocycles. The fourth-order valence-corrected chi connectivity index (χ4v) is 3.45. The molecule has 0 saturated carbocycles. The molecule has 0 aliphatic carbocycles. The molecule has 100 valence electrons. The lowest BCUT2D eigenvalue weighted by Gasteiger charge is -2.12. The van der Waals surface area contributed by atoms with Crippen LogP contribution >= 0.6 is 43.2 Å². The highest BCUT2D eigenvalue weighted by Gasteiger charge is 2.16. The molecule has 0 aliphatic heterocycles. The van der Waals surface area contributed by atoms with Crippen molar-refractivity contribution in [1.29, 1.82) is 0 Å². The van der Waals surface area contributed by atoms with E-state index >= 15 is 0 Å². The van der Waals surface area contributed by atoms with Crippen LogP contribution in [0.15, 0.2) is 32.7 Å². The number of rotatable bonds is 4. The Morgan fingerprint density at radius 1 is 1.47 bits per heavy atom. The predicted molar refractivity (Wildman–Crippen MR) is 82.6 cm³/mol. The van der Waals surface area contributed by atoms with E-state index in [9.17, 15) is 4.79 Å². The number of hydrogen-bond donors (Lipinski definition) is 1. The maximum absolute atomic E-state index is 11.8. The minimum atomic E-state index is -0.386. The molecule has 0 saturated heterocycles. The summed E-state index contributed by atoms with van der Waals surface area (Å²) in [5, 5.41) is 6.07. The number of esters is 1. The molecule has 0 aliphatic rings. The van der Waals surface area contributed by atoms with Crippen LogP contribution in [0.25, 0.3) is 0 Å². The van der Waals surface area contributed by atoms with E-state index in [1.54, 1.807) is 23.6 Å². The number of halogens is 2. The molecule has 4 nitrogen and oxygen atoms in total. The van der Waals surface area contributed by atoms with Gasteiger partial charge in [-0.05, 0) is 28.1 Å². The number of anilines is 1. The highest BCUT2D eigenvalue weighted by atomic mass is 79.9. The molecule has 2 aromatic rings. The van der Waals surface area contributed by atoms with E-state index in [-0.39, 0.29) is 5.97 Å². The molecule has 2 rings (SSSR count). The van der Waals surface area contributed by atoms with Gasteiger partial charge in [0.1, 0.15) is 5.01 Å². The lowest BCUT2D eigenvalue weighted by molar-refractivity contribution is 0.0601. The second-order valence-corrected chi connectivity index (χ2v) is 6.33. The van der Waals surface area contributed by atoms with Crippen molar-refractivity contribution in [3.8, 4) is 0 Å². The largest absolute Gasteiger partial charge is 0.465 e. The Labute approximate surface area is 131 Å². The van der Waals surface area contributed by atoms with Crippen LogP contribution in [0.3, 0.4) is 0 Å². The number of benzene rings is 1. The Kier molecular flexibility index (Phi) is 4.95. The number of methoxy groups -OCH3 is 1.